The van der Waals surface area contributed by atoms with E-state index in [1.54, 1.807) is 30.3 Å². The number of carbonyl (C=O) groups excluding carboxylic acids is 1. The van der Waals surface area contributed by atoms with Crippen molar-refractivity contribution in [1.82, 2.24) is 19.2 Å². The molecule has 0 spiro atoms. The molecule has 0 bridgehead atoms. The fraction of sp³-hybridized carbons (Fsp3) is 0.346. The van der Waals surface area contributed by atoms with Crippen LogP contribution in [0.1, 0.15) is 43.7 Å². The second-order valence-electron chi connectivity index (χ2n) is 9.00. The van der Waals surface area contributed by atoms with Gasteiger partial charge in [-0.3, -0.25) is 18.7 Å². The SMILES string of the molecule is Cn1c(=O)c2cc(S(=O)(=O)N[C@@H](C(=O)NCCC3=CCCCC3)c3ccccc3)ccc2n(C)c1=O. The molecule has 1 aliphatic rings. The van der Waals surface area contributed by atoms with Gasteiger partial charge in [-0.1, -0.05) is 42.0 Å². The zero-order valence-electron chi connectivity index (χ0n) is 20.4. The molecule has 1 amide bonds. The maximum absolute atomic E-state index is 13.4. The van der Waals surface area contributed by atoms with Gasteiger partial charge in [0.1, 0.15) is 6.04 Å². The molecule has 36 heavy (non-hydrogen) atoms. The van der Waals surface area contributed by atoms with E-state index in [9.17, 15) is 22.8 Å². The summed E-state index contributed by atoms with van der Waals surface area (Å²) in [4.78, 5) is 37.8. The first-order chi connectivity index (χ1) is 17.2. The van der Waals surface area contributed by atoms with Gasteiger partial charge in [0.25, 0.3) is 5.56 Å². The smallest absolute Gasteiger partial charge is 0.330 e. The number of hydrogen-bond acceptors (Lipinski definition) is 5. The Morgan fingerprint density at radius 1 is 1.03 bits per heavy atom. The molecule has 190 valence electrons. The van der Waals surface area contributed by atoms with Gasteiger partial charge in [-0.15, -0.1) is 0 Å². The lowest BCUT2D eigenvalue weighted by Gasteiger charge is -2.20. The Morgan fingerprint density at radius 3 is 2.47 bits per heavy atom. The van der Waals surface area contributed by atoms with Gasteiger partial charge in [0, 0.05) is 20.6 Å². The summed E-state index contributed by atoms with van der Waals surface area (Å²) in [6.45, 7) is 0.412. The number of aromatic nitrogens is 2. The number of sulfonamides is 1. The summed E-state index contributed by atoms with van der Waals surface area (Å²) in [5.74, 6) is -0.458. The number of rotatable bonds is 8. The second-order valence-corrected chi connectivity index (χ2v) is 10.7. The average Bonchev–Trinajstić information content (AvgIpc) is 2.90. The third-order valence-corrected chi connectivity index (χ3v) is 7.97. The van der Waals surface area contributed by atoms with Crippen LogP contribution in [-0.4, -0.2) is 30.0 Å². The first-order valence-corrected chi connectivity index (χ1v) is 13.4. The molecule has 10 heteroatoms. The van der Waals surface area contributed by atoms with E-state index in [-0.39, 0.29) is 10.3 Å². The number of nitrogens with zero attached hydrogens (tertiary/aromatic N) is 2. The summed E-state index contributed by atoms with van der Waals surface area (Å²) >= 11 is 0. The molecule has 1 heterocycles. The number of nitrogens with one attached hydrogen (secondary N) is 2. The van der Waals surface area contributed by atoms with Crippen LogP contribution in [0.3, 0.4) is 0 Å². The van der Waals surface area contributed by atoms with Crippen LogP contribution < -0.4 is 21.3 Å². The number of amides is 1. The van der Waals surface area contributed by atoms with Gasteiger partial charge in [-0.2, -0.15) is 4.72 Å². The van der Waals surface area contributed by atoms with Crippen molar-refractivity contribution in [2.75, 3.05) is 6.54 Å². The highest BCUT2D eigenvalue weighted by Crippen LogP contribution is 2.22. The lowest BCUT2D eigenvalue weighted by Crippen LogP contribution is -2.41. The van der Waals surface area contributed by atoms with E-state index in [2.05, 4.69) is 16.1 Å². The van der Waals surface area contributed by atoms with E-state index in [4.69, 9.17) is 0 Å². The molecule has 3 aromatic rings. The number of allylic oxidation sites excluding steroid dienone is 1. The number of hydrogen-bond donors (Lipinski definition) is 2. The van der Waals surface area contributed by atoms with E-state index >= 15 is 0 Å². The minimum Gasteiger partial charge on any atom is -0.354 e. The summed E-state index contributed by atoms with van der Waals surface area (Å²) in [6, 6.07) is 11.4. The number of benzene rings is 2. The van der Waals surface area contributed by atoms with Crippen LogP contribution in [-0.2, 0) is 28.9 Å². The van der Waals surface area contributed by atoms with E-state index in [1.165, 1.54) is 48.9 Å². The molecule has 2 N–H and O–H groups in total. The summed E-state index contributed by atoms with van der Waals surface area (Å²) in [5.41, 5.74) is 1.02. The number of aryl methyl sites for hydroxylation is 1. The third-order valence-electron chi connectivity index (χ3n) is 6.55. The maximum atomic E-state index is 13.4. The topological polar surface area (TPSA) is 119 Å². The Bertz CT molecular complexity index is 1540. The van der Waals surface area contributed by atoms with E-state index in [1.807, 2.05) is 0 Å². The Balaban J connectivity index is 1.62. The van der Waals surface area contributed by atoms with Crippen molar-refractivity contribution < 1.29 is 13.2 Å². The van der Waals surface area contributed by atoms with E-state index in [0.717, 1.165) is 30.3 Å². The largest absolute Gasteiger partial charge is 0.354 e. The minimum absolute atomic E-state index is 0.0870. The minimum atomic E-state index is -4.20. The summed E-state index contributed by atoms with van der Waals surface area (Å²) < 4.78 is 31.4. The molecule has 9 nitrogen and oxygen atoms in total. The Morgan fingerprint density at radius 2 is 1.78 bits per heavy atom. The summed E-state index contributed by atoms with van der Waals surface area (Å²) in [7, 11) is -1.35. The molecule has 0 unspecified atom stereocenters. The average molecular weight is 511 g/mol. The van der Waals surface area contributed by atoms with Crippen molar-refractivity contribution in [2.45, 2.75) is 43.0 Å². The molecule has 0 aliphatic heterocycles. The van der Waals surface area contributed by atoms with E-state index < -0.39 is 33.2 Å². The van der Waals surface area contributed by atoms with Crippen LogP contribution in [0.5, 0.6) is 0 Å². The fourth-order valence-corrected chi connectivity index (χ4v) is 5.67. The van der Waals surface area contributed by atoms with Crippen LogP contribution in [0, 0.1) is 0 Å². The van der Waals surface area contributed by atoms with Crippen molar-refractivity contribution in [1.29, 1.82) is 0 Å². The molecule has 4 rings (SSSR count). The van der Waals surface area contributed by atoms with Crippen LogP contribution in [0.25, 0.3) is 10.9 Å². The van der Waals surface area contributed by atoms with Gasteiger partial charge in [0.05, 0.1) is 15.8 Å². The van der Waals surface area contributed by atoms with Crippen molar-refractivity contribution in [3.05, 3.63) is 86.6 Å². The molecule has 0 saturated heterocycles. The fourth-order valence-electron chi connectivity index (χ4n) is 4.46. The summed E-state index contributed by atoms with van der Waals surface area (Å²) in [5, 5.41) is 2.95. The highest BCUT2D eigenvalue weighted by Gasteiger charge is 2.28. The molecular weight excluding hydrogens is 480 g/mol. The monoisotopic (exact) mass is 510 g/mol. The molecular formula is C26H30N4O5S. The van der Waals surface area contributed by atoms with Gasteiger partial charge in [0.2, 0.25) is 15.9 Å². The van der Waals surface area contributed by atoms with Gasteiger partial charge >= 0.3 is 5.69 Å². The van der Waals surface area contributed by atoms with Crippen molar-refractivity contribution in [3.8, 4) is 0 Å². The number of fused-ring (bicyclic) bond motifs is 1. The molecule has 1 aromatic heterocycles. The molecule has 1 atom stereocenters. The van der Waals surface area contributed by atoms with E-state index in [0.29, 0.717) is 17.6 Å². The standard InChI is InChI=1S/C26H30N4O5S/c1-29-22-14-13-20(17-21(22)25(32)30(2)26(29)33)36(34,35)28-23(19-11-7-4-8-12-19)24(31)27-16-15-18-9-5-3-6-10-18/h4,7-9,11-14,17,23,28H,3,5-6,10,15-16H2,1-2H3,(H,27,31)/t23-/m1/s1. The molecule has 0 fully saturated rings. The third kappa shape index (κ3) is 5.34. The highest BCUT2D eigenvalue weighted by atomic mass is 32.2. The highest BCUT2D eigenvalue weighted by molar-refractivity contribution is 7.89. The van der Waals surface area contributed by atoms with Gasteiger partial charge in [-0.05, 0) is 55.9 Å². The number of carbonyl (C=O) groups is 1. The van der Waals surface area contributed by atoms with Gasteiger partial charge in [-0.25, -0.2) is 13.2 Å². The maximum Gasteiger partial charge on any atom is 0.330 e. The van der Waals surface area contributed by atoms with Gasteiger partial charge in [0.15, 0.2) is 0 Å². The first kappa shape index (κ1) is 25.6. The van der Waals surface area contributed by atoms with Crippen LogP contribution in [0.15, 0.2) is 74.7 Å². The van der Waals surface area contributed by atoms with Crippen LogP contribution >= 0.6 is 0 Å². The Hall–Kier alpha value is -3.50. The zero-order valence-corrected chi connectivity index (χ0v) is 21.2. The zero-order chi connectivity index (χ0) is 25.9. The lowest BCUT2D eigenvalue weighted by atomic mass is 9.97. The van der Waals surface area contributed by atoms with Crippen molar-refractivity contribution in [3.63, 3.8) is 0 Å². The molecule has 0 saturated carbocycles. The Labute approximate surface area is 209 Å². The van der Waals surface area contributed by atoms with Crippen LogP contribution in [0.2, 0.25) is 0 Å². The quantitative estimate of drug-likeness (QED) is 0.451. The normalized spacial score (nSPS) is 14.9. The molecule has 2 aromatic carbocycles. The predicted octanol–water partition coefficient (Wildman–Crippen LogP) is 2.26. The predicted molar refractivity (Wildman–Crippen MR) is 138 cm³/mol. The summed E-state index contributed by atoms with van der Waals surface area (Å²) in [6.07, 6.45) is 7.36. The van der Waals surface area contributed by atoms with Crippen LogP contribution in [0.4, 0.5) is 0 Å². The van der Waals surface area contributed by atoms with Gasteiger partial charge < -0.3 is 5.32 Å². The first-order valence-electron chi connectivity index (χ1n) is 11.9. The Kier molecular flexibility index (Phi) is 7.56. The molecule has 1 aliphatic carbocycles. The molecule has 0 radical (unpaired) electrons. The second kappa shape index (κ2) is 10.6. The van der Waals surface area contributed by atoms with Crippen molar-refractivity contribution >= 4 is 26.8 Å². The van der Waals surface area contributed by atoms with Crippen molar-refractivity contribution in [2.24, 2.45) is 14.1 Å². The lowest BCUT2D eigenvalue weighted by molar-refractivity contribution is -0.122.